The summed E-state index contributed by atoms with van der Waals surface area (Å²) in [7, 11) is 1.50. The zero-order valence-corrected chi connectivity index (χ0v) is 21.3. The first-order chi connectivity index (χ1) is 16.3. The maximum atomic E-state index is 12.1. The Morgan fingerprint density at radius 2 is 1.76 bits per heavy atom. The fourth-order valence-electron chi connectivity index (χ4n) is 2.87. The topological polar surface area (TPSA) is 89.0 Å². The molecule has 3 rings (SSSR count). The number of hydrogen-bond donors (Lipinski definition) is 2. The second-order valence-electron chi connectivity index (χ2n) is 7.01. The quantitative estimate of drug-likeness (QED) is 0.217. The van der Waals surface area contributed by atoms with E-state index in [-0.39, 0.29) is 6.61 Å². The summed E-state index contributed by atoms with van der Waals surface area (Å²) in [5.74, 6) is -0.810. The maximum Gasteiger partial charge on any atom is 0.329 e. The molecule has 3 aromatic carbocycles. The molecular formula is C24H20BrCl2N3O4. The predicted octanol–water partition coefficient (Wildman–Crippen LogP) is 5.74. The number of aryl methyl sites for hydroxylation is 1. The Kier molecular flexibility index (Phi) is 8.92. The van der Waals surface area contributed by atoms with Crippen LogP contribution in [0, 0.1) is 6.92 Å². The van der Waals surface area contributed by atoms with Crippen molar-refractivity contribution in [3.8, 4) is 11.5 Å². The Hall–Kier alpha value is -3.07. The molecule has 0 heterocycles. The minimum atomic E-state index is -0.901. The van der Waals surface area contributed by atoms with Gasteiger partial charge in [0, 0.05) is 25.8 Å². The highest BCUT2D eigenvalue weighted by atomic mass is 79.9. The first-order valence-corrected chi connectivity index (χ1v) is 11.5. The number of halogens is 3. The van der Waals surface area contributed by atoms with Gasteiger partial charge in [0.2, 0.25) is 0 Å². The van der Waals surface area contributed by atoms with Gasteiger partial charge in [0.25, 0.3) is 0 Å². The fourth-order valence-corrected chi connectivity index (χ4v) is 3.85. The minimum Gasteiger partial charge on any atom is -0.493 e. The SMILES string of the molecule is COc1cc(/C=N/NC(=O)C(=O)Nc2ccc(Br)cc2C)ccc1OCc1c(Cl)cccc1Cl. The largest absolute Gasteiger partial charge is 0.493 e. The molecule has 0 aromatic heterocycles. The molecule has 3 aromatic rings. The van der Waals surface area contributed by atoms with Crippen molar-refractivity contribution in [2.24, 2.45) is 5.10 Å². The van der Waals surface area contributed by atoms with Gasteiger partial charge in [0.1, 0.15) is 6.61 Å². The summed E-state index contributed by atoms with van der Waals surface area (Å²) in [6, 6.07) is 15.6. The van der Waals surface area contributed by atoms with E-state index in [4.69, 9.17) is 32.7 Å². The number of nitrogens with zero attached hydrogens (tertiary/aromatic N) is 1. The van der Waals surface area contributed by atoms with Crippen molar-refractivity contribution >= 4 is 62.8 Å². The van der Waals surface area contributed by atoms with Gasteiger partial charge in [-0.3, -0.25) is 9.59 Å². The first kappa shape index (κ1) is 25.6. The van der Waals surface area contributed by atoms with E-state index >= 15 is 0 Å². The Labute approximate surface area is 215 Å². The number of rotatable bonds is 7. The average Bonchev–Trinajstić information content (AvgIpc) is 2.81. The molecule has 0 radical (unpaired) electrons. The van der Waals surface area contributed by atoms with Gasteiger partial charge in [-0.05, 0) is 66.6 Å². The van der Waals surface area contributed by atoms with Crippen molar-refractivity contribution in [3.63, 3.8) is 0 Å². The summed E-state index contributed by atoms with van der Waals surface area (Å²) < 4.78 is 12.1. The molecule has 7 nitrogen and oxygen atoms in total. The third-order valence-electron chi connectivity index (χ3n) is 4.64. The van der Waals surface area contributed by atoms with Crippen LogP contribution in [0.3, 0.4) is 0 Å². The van der Waals surface area contributed by atoms with Crippen molar-refractivity contribution in [1.29, 1.82) is 0 Å². The minimum absolute atomic E-state index is 0.158. The van der Waals surface area contributed by atoms with Gasteiger partial charge in [-0.15, -0.1) is 0 Å². The second kappa shape index (κ2) is 11.9. The summed E-state index contributed by atoms with van der Waals surface area (Å²) in [5, 5.41) is 7.39. The van der Waals surface area contributed by atoms with Crippen LogP contribution in [0.15, 0.2) is 64.2 Å². The van der Waals surface area contributed by atoms with Crippen LogP contribution in [-0.2, 0) is 16.2 Å². The molecule has 0 spiro atoms. The molecule has 0 saturated carbocycles. The van der Waals surface area contributed by atoms with Crippen molar-refractivity contribution < 1.29 is 19.1 Å². The molecule has 10 heteroatoms. The third-order valence-corrected chi connectivity index (χ3v) is 5.85. The number of hydrazone groups is 1. The summed E-state index contributed by atoms with van der Waals surface area (Å²) >= 11 is 15.7. The Morgan fingerprint density at radius 3 is 2.44 bits per heavy atom. The highest BCUT2D eigenvalue weighted by Crippen LogP contribution is 2.31. The highest BCUT2D eigenvalue weighted by molar-refractivity contribution is 9.10. The van der Waals surface area contributed by atoms with Gasteiger partial charge < -0.3 is 14.8 Å². The van der Waals surface area contributed by atoms with E-state index in [1.807, 2.05) is 13.0 Å². The molecule has 0 aliphatic carbocycles. The van der Waals surface area contributed by atoms with E-state index in [2.05, 4.69) is 31.8 Å². The van der Waals surface area contributed by atoms with Gasteiger partial charge >= 0.3 is 11.8 Å². The van der Waals surface area contributed by atoms with E-state index in [0.29, 0.717) is 38.4 Å². The van der Waals surface area contributed by atoms with Crippen molar-refractivity contribution in [1.82, 2.24) is 5.43 Å². The van der Waals surface area contributed by atoms with E-state index < -0.39 is 11.8 Å². The van der Waals surface area contributed by atoms with E-state index in [1.54, 1.807) is 48.5 Å². The van der Waals surface area contributed by atoms with Gasteiger partial charge in [-0.25, -0.2) is 5.43 Å². The number of carbonyl (C=O) groups excluding carboxylic acids is 2. The molecule has 0 fully saturated rings. The predicted molar refractivity (Wildman–Crippen MR) is 137 cm³/mol. The van der Waals surface area contributed by atoms with Gasteiger partial charge in [-0.1, -0.05) is 45.2 Å². The van der Waals surface area contributed by atoms with Crippen molar-refractivity contribution in [2.45, 2.75) is 13.5 Å². The van der Waals surface area contributed by atoms with Crippen LogP contribution in [0.4, 0.5) is 5.69 Å². The number of hydrogen-bond acceptors (Lipinski definition) is 5. The lowest BCUT2D eigenvalue weighted by Crippen LogP contribution is -2.32. The summed E-state index contributed by atoms with van der Waals surface area (Å²) in [6.07, 6.45) is 1.38. The van der Waals surface area contributed by atoms with Crippen LogP contribution in [0.25, 0.3) is 0 Å². The number of nitrogens with one attached hydrogen (secondary N) is 2. The fraction of sp³-hybridized carbons (Fsp3) is 0.125. The summed E-state index contributed by atoms with van der Waals surface area (Å²) in [5.41, 5.74) is 4.82. The van der Waals surface area contributed by atoms with Gasteiger partial charge in [0.15, 0.2) is 11.5 Å². The number of carbonyl (C=O) groups is 2. The Morgan fingerprint density at radius 1 is 1.03 bits per heavy atom. The molecule has 0 saturated heterocycles. The number of anilines is 1. The Balaban J connectivity index is 1.60. The van der Waals surface area contributed by atoms with Crippen LogP contribution < -0.4 is 20.2 Å². The van der Waals surface area contributed by atoms with E-state index in [0.717, 1.165) is 10.0 Å². The van der Waals surface area contributed by atoms with Gasteiger partial charge in [0.05, 0.1) is 13.3 Å². The van der Waals surface area contributed by atoms with Crippen LogP contribution in [0.2, 0.25) is 10.0 Å². The second-order valence-corrected chi connectivity index (χ2v) is 8.74. The van der Waals surface area contributed by atoms with E-state index in [9.17, 15) is 9.59 Å². The molecule has 0 bridgehead atoms. The molecule has 2 N–H and O–H groups in total. The molecule has 0 aliphatic heterocycles. The molecule has 0 aliphatic rings. The normalized spacial score (nSPS) is 10.7. The molecule has 2 amide bonds. The molecular weight excluding hydrogens is 545 g/mol. The average molecular weight is 565 g/mol. The zero-order chi connectivity index (χ0) is 24.7. The molecule has 34 heavy (non-hydrogen) atoms. The van der Waals surface area contributed by atoms with Crippen LogP contribution in [0.1, 0.15) is 16.7 Å². The molecule has 0 unspecified atom stereocenters. The molecule has 176 valence electrons. The van der Waals surface area contributed by atoms with Crippen molar-refractivity contribution in [2.75, 3.05) is 12.4 Å². The monoisotopic (exact) mass is 563 g/mol. The lowest BCUT2D eigenvalue weighted by Gasteiger charge is -2.13. The number of amides is 2. The number of benzene rings is 3. The number of ether oxygens (including phenoxy) is 2. The summed E-state index contributed by atoms with van der Waals surface area (Å²) in [4.78, 5) is 24.2. The number of methoxy groups -OCH3 is 1. The Bertz CT molecular complexity index is 1230. The van der Waals surface area contributed by atoms with Crippen molar-refractivity contribution in [3.05, 3.63) is 85.8 Å². The smallest absolute Gasteiger partial charge is 0.329 e. The highest BCUT2D eigenvalue weighted by Gasteiger charge is 2.14. The van der Waals surface area contributed by atoms with E-state index in [1.165, 1.54) is 13.3 Å². The van der Waals surface area contributed by atoms with Crippen LogP contribution in [0.5, 0.6) is 11.5 Å². The molecule has 0 atom stereocenters. The lowest BCUT2D eigenvalue weighted by molar-refractivity contribution is -0.136. The van der Waals surface area contributed by atoms with Crippen LogP contribution in [-0.4, -0.2) is 25.1 Å². The van der Waals surface area contributed by atoms with Gasteiger partial charge in [-0.2, -0.15) is 5.10 Å². The first-order valence-electron chi connectivity index (χ1n) is 9.92. The lowest BCUT2D eigenvalue weighted by atomic mass is 10.2. The summed E-state index contributed by atoms with van der Waals surface area (Å²) in [6.45, 7) is 1.98. The zero-order valence-electron chi connectivity index (χ0n) is 18.2. The standard InChI is InChI=1S/C24H20BrCl2N3O4/c1-14-10-16(25)7-8-20(14)29-23(31)24(32)30-28-12-15-6-9-21(22(11-15)33-2)34-13-17-18(26)4-3-5-19(17)27/h3-12H,13H2,1-2H3,(H,29,31)(H,30,32)/b28-12+. The third kappa shape index (κ3) is 6.72. The van der Waals surface area contributed by atoms with Crippen LogP contribution >= 0.6 is 39.1 Å². The maximum absolute atomic E-state index is 12.1.